The number of carbonyl (C=O) groups excluding carboxylic acids is 1. The molecule has 1 saturated heterocycles. The Bertz CT molecular complexity index is 565. The topological polar surface area (TPSA) is 52.2 Å². The Morgan fingerprint density at radius 2 is 2.00 bits per heavy atom. The minimum atomic E-state index is 0.221. The van der Waals surface area contributed by atoms with Crippen LogP contribution in [0.4, 0.5) is 5.82 Å². The van der Waals surface area contributed by atoms with Crippen LogP contribution in [0.25, 0.3) is 0 Å². The van der Waals surface area contributed by atoms with Gasteiger partial charge in [-0.15, -0.1) is 0 Å². The van der Waals surface area contributed by atoms with Crippen LogP contribution in [0.2, 0.25) is 0 Å². The molecule has 5 heteroatoms. The van der Waals surface area contributed by atoms with E-state index in [1.54, 1.807) is 0 Å². The van der Waals surface area contributed by atoms with E-state index < -0.39 is 0 Å². The summed E-state index contributed by atoms with van der Waals surface area (Å²) < 4.78 is 0. The van der Waals surface area contributed by atoms with Crippen molar-refractivity contribution >= 4 is 11.7 Å². The summed E-state index contributed by atoms with van der Waals surface area (Å²) >= 11 is 0. The molecule has 120 valence electrons. The standard InChI is InChI=1S/C17H26N4O/c1-12(13-3-4-13)16(22)21-9-7-20(8-10-21)15-11-14(18-19-15)17(2)5-6-17/h11-13H,3-10H2,1-2H3,(H,18,19). The van der Waals surface area contributed by atoms with Crippen LogP contribution in [0.5, 0.6) is 0 Å². The molecule has 1 N–H and O–H groups in total. The molecule has 4 rings (SSSR count). The first-order chi connectivity index (χ1) is 10.6. The van der Waals surface area contributed by atoms with E-state index in [0.29, 0.717) is 17.2 Å². The monoisotopic (exact) mass is 302 g/mol. The maximum atomic E-state index is 12.5. The molecule has 1 aliphatic heterocycles. The van der Waals surface area contributed by atoms with Crippen LogP contribution in [-0.2, 0) is 10.2 Å². The largest absolute Gasteiger partial charge is 0.352 e. The van der Waals surface area contributed by atoms with Gasteiger partial charge in [0, 0.05) is 49.3 Å². The average Bonchev–Trinajstić information content (AvgIpc) is 3.46. The Kier molecular flexibility index (Phi) is 3.20. The van der Waals surface area contributed by atoms with Crippen molar-refractivity contribution in [1.29, 1.82) is 0 Å². The van der Waals surface area contributed by atoms with Crippen molar-refractivity contribution in [3.63, 3.8) is 0 Å². The SMILES string of the molecule is CC(C(=O)N1CCN(c2cc(C3(C)CC3)[nH]n2)CC1)C1CC1. The maximum Gasteiger partial charge on any atom is 0.225 e. The second-order valence-corrected chi connectivity index (χ2v) is 7.64. The molecule has 2 heterocycles. The van der Waals surface area contributed by atoms with Crippen LogP contribution >= 0.6 is 0 Å². The number of nitrogens with zero attached hydrogens (tertiary/aromatic N) is 3. The Balaban J connectivity index is 1.35. The summed E-state index contributed by atoms with van der Waals surface area (Å²) in [4.78, 5) is 16.8. The Morgan fingerprint density at radius 1 is 1.32 bits per heavy atom. The molecule has 0 aromatic carbocycles. The van der Waals surface area contributed by atoms with E-state index in [9.17, 15) is 4.79 Å². The summed E-state index contributed by atoms with van der Waals surface area (Å²) in [6.07, 6.45) is 5.00. The van der Waals surface area contributed by atoms with E-state index in [4.69, 9.17) is 0 Å². The van der Waals surface area contributed by atoms with Gasteiger partial charge in [0.2, 0.25) is 5.91 Å². The highest BCUT2D eigenvalue weighted by Crippen LogP contribution is 2.47. The molecular weight excluding hydrogens is 276 g/mol. The zero-order valence-electron chi connectivity index (χ0n) is 13.6. The fourth-order valence-electron chi connectivity index (χ4n) is 3.48. The molecule has 0 bridgehead atoms. The number of carbonyl (C=O) groups is 1. The minimum absolute atomic E-state index is 0.221. The van der Waals surface area contributed by atoms with Crippen molar-refractivity contribution in [3.05, 3.63) is 11.8 Å². The number of nitrogens with one attached hydrogen (secondary N) is 1. The molecular formula is C17H26N4O. The van der Waals surface area contributed by atoms with Crippen molar-refractivity contribution in [1.82, 2.24) is 15.1 Å². The quantitative estimate of drug-likeness (QED) is 0.927. The van der Waals surface area contributed by atoms with E-state index in [0.717, 1.165) is 32.0 Å². The third-order valence-corrected chi connectivity index (χ3v) is 5.85. The van der Waals surface area contributed by atoms with Crippen molar-refractivity contribution in [2.24, 2.45) is 11.8 Å². The molecule has 5 nitrogen and oxygen atoms in total. The Labute approximate surface area is 132 Å². The van der Waals surface area contributed by atoms with Crippen LogP contribution < -0.4 is 4.90 Å². The van der Waals surface area contributed by atoms with Gasteiger partial charge in [0.05, 0.1) is 0 Å². The van der Waals surface area contributed by atoms with Gasteiger partial charge in [-0.1, -0.05) is 13.8 Å². The van der Waals surface area contributed by atoms with Gasteiger partial charge in [-0.05, 0) is 31.6 Å². The van der Waals surface area contributed by atoms with E-state index in [-0.39, 0.29) is 5.92 Å². The first kappa shape index (κ1) is 14.1. The second kappa shape index (κ2) is 5.00. The third kappa shape index (κ3) is 2.50. The van der Waals surface area contributed by atoms with E-state index in [2.05, 4.69) is 39.9 Å². The van der Waals surface area contributed by atoms with Gasteiger partial charge in [-0.2, -0.15) is 5.10 Å². The third-order valence-electron chi connectivity index (χ3n) is 5.85. The Hall–Kier alpha value is -1.52. The number of hydrogen-bond donors (Lipinski definition) is 1. The van der Waals surface area contributed by atoms with Gasteiger partial charge < -0.3 is 9.80 Å². The van der Waals surface area contributed by atoms with Crippen LogP contribution in [0.1, 0.15) is 45.2 Å². The lowest BCUT2D eigenvalue weighted by Gasteiger charge is -2.36. The number of anilines is 1. The van der Waals surface area contributed by atoms with Crippen molar-refractivity contribution in [2.45, 2.75) is 44.9 Å². The van der Waals surface area contributed by atoms with E-state index >= 15 is 0 Å². The number of aromatic amines is 1. The smallest absolute Gasteiger partial charge is 0.225 e. The molecule has 0 spiro atoms. The van der Waals surface area contributed by atoms with Crippen molar-refractivity contribution in [3.8, 4) is 0 Å². The summed E-state index contributed by atoms with van der Waals surface area (Å²) in [5, 5.41) is 7.70. The van der Waals surface area contributed by atoms with Crippen molar-refractivity contribution in [2.75, 3.05) is 31.1 Å². The zero-order valence-corrected chi connectivity index (χ0v) is 13.6. The maximum absolute atomic E-state index is 12.5. The lowest BCUT2D eigenvalue weighted by Crippen LogP contribution is -2.50. The number of rotatable bonds is 4. The molecule has 1 unspecified atom stereocenters. The van der Waals surface area contributed by atoms with Gasteiger partial charge in [0.1, 0.15) is 0 Å². The molecule has 22 heavy (non-hydrogen) atoms. The minimum Gasteiger partial charge on any atom is -0.352 e. The molecule has 1 aromatic rings. The fraction of sp³-hybridized carbons (Fsp3) is 0.765. The molecule has 2 saturated carbocycles. The van der Waals surface area contributed by atoms with E-state index in [1.807, 2.05) is 0 Å². The van der Waals surface area contributed by atoms with Gasteiger partial charge in [0.25, 0.3) is 0 Å². The predicted molar refractivity (Wildman–Crippen MR) is 85.9 cm³/mol. The van der Waals surface area contributed by atoms with E-state index in [1.165, 1.54) is 31.4 Å². The van der Waals surface area contributed by atoms with Gasteiger partial charge in [-0.25, -0.2) is 0 Å². The average molecular weight is 302 g/mol. The van der Waals surface area contributed by atoms with Crippen LogP contribution in [0.3, 0.4) is 0 Å². The molecule has 2 aliphatic carbocycles. The van der Waals surface area contributed by atoms with Crippen LogP contribution in [0.15, 0.2) is 6.07 Å². The number of amides is 1. The first-order valence-corrected chi connectivity index (χ1v) is 8.66. The zero-order chi connectivity index (χ0) is 15.3. The molecule has 0 radical (unpaired) electrons. The van der Waals surface area contributed by atoms with Crippen LogP contribution in [-0.4, -0.2) is 47.2 Å². The highest BCUT2D eigenvalue weighted by atomic mass is 16.2. The molecule has 3 aliphatic rings. The normalized spacial score (nSPS) is 25.2. The first-order valence-electron chi connectivity index (χ1n) is 8.66. The van der Waals surface area contributed by atoms with Crippen LogP contribution in [0, 0.1) is 11.8 Å². The molecule has 3 fully saturated rings. The lowest BCUT2D eigenvalue weighted by molar-refractivity contribution is -0.135. The van der Waals surface area contributed by atoms with Gasteiger partial charge >= 0.3 is 0 Å². The highest BCUT2D eigenvalue weighted by molar-refractivity contribution is 5.79. The lowest BCUT2D eigenvalue weighted by atomic mass is 10.0. The van der Waals surface area contributed by atoms with Gasteiger partial charge in [0.15, 0.2) is 5.82 Å². The highest BCUT2D eigenvalue weighted by Gasteiger charge is 2.41. The summed E-state index contributed by atoms with van der Waals surface area (Å²) in [5.41, 5.74) is 1.60. The number of piperazine rings is 1. The summed E-state index contributed by atoms with van der Waals surface area (Å²) in [6.45, 7) is 7.84. The van der Waals surface area contributed by atoms with Gasteiger partial charge in [-0.3, -0.25) is 9.89 Å². The molecule has 1 amide bonds. The predicted octanol–water partition coefficient (Wildman–Crippen LogP) is 2.16. The number of hydrogen-bond acceptors (Lipinski definition) is 3. The molecule has 1 atom stereocenters. The number of H-pyrrole nitrogens is 1. The summed E-state index contributed by atoms with van der Waals surface area (Å²) in [6, 6.07) is 2.21. The molecule has 1 aromatic heterocycles. The Morgan fingerprint density at radius 3 is 2.59 bits per heavy atom. The summed E-state index contributed by atoms with van der Waals surface area (Å²) in [5.74, 6) is 2.28. The number of aromatic nitrogens is 2. The second-order valence-electron chi connectivity index (χ2n) is 7.64. The fourth-order valence-corrected chi connectivity index (χ4v) is 3.48. The van der Waals surface area contributed by atoms with Crippen molar-refractivity contribution < 1.29 is 4.79 Å². The summed E-state index contributed by atoms with van der Waals surface area (Å²) in [7, 11) is 0.